The third kappa shape index (κ3) is 3.90. The predicted molar refractivity (Wildman–Crippen MR) is 113 cm³/mol. The molecule has 0 unspecified atom stereocenters. The first-order valence-electron chi connectivity index (χ1n) is 10.8. The molecule has 1 saturated carbocycles. The second-order valence-corrected chi connectivity index (χ2v) is 9.67. The molecule has 30 heavy (non-hydrogen) atoms. The highest BCUT2D eigenvalue weighted by molar-refractivity contribution is 7.08. The highest BCUT2D eigenvalue weighted by Crippen LogP contribution is 2.37. The minimum Gasteiger partial charge on any atom is -0.370 e. The van der Waals surface area contributed by atoms with Gasteiger partial charge in [-0.3, -0.25) is 14.3 Å². The lowest BCUT2D eigenvalue weighted by atomic mass is 9.83. The van der Waals surface area contributed by atoms with Crippen molar-refractivity contribution >= 4 is 23.2 Å². The van der Waals surface area contributed by atoms with Gasteiger partial charge in [-0.25, -0.2) is 0 Å². The number of rotatable bonds is 5. The first kappa shape index (κ1) is 19.8. The van der Waals surface area contributed by atoms with Crippen LogP contribution in [0.4, 0.5) is 0 Å². The van der Waals surface area contributed by atoms with Crippen molar-refractivity contribution in [1.82, 2.24) is 20.0 Å². The number of piperidine rings is 1. The van der Waals surface area contributed by atoms with Crippen LogP contribution in [0.5, 0.6) is 0 Å². The number of hydrogen-bond donors (Lipinski definition) is 1. The topological polar surface area (TPSA) is 76.5 Å². The van der Waals surface area contributed by atoms with E-state index in [1.54, 1.807) is 11.3 Å². The maximum absolute atomic E-state index is 12.6. The summed E-state index contributed by atoms with van der Waals surface area (Å²) < 4.78 is 8.19. The molecule has 2 aromatic heterocycles. The van der Waals surface area contributed by atoms with Gasteiger partial charge in [0.15, 0.2) is 5.69 Å². The van der Waals surface area contributed by atoms with Gasteiger partial charge in [0, 0.05) is 44.4 Å². The average Bonchev–Trinajstić information content (AvgIpc) is 3.34. The molecule has 1 N–H and O–H groups in total. The molecule has 0 radical (unpaired) electrons. The van der Waals surface area contributed by atoms with Crippen molar-refractivity contribution in [2.45, 2.75) is 50.7 Å². The van der Waals surface area contributed by atoms with Crippen LogP contribution in [0.2, 0.25) is 0 Å². The molecule has 8 heteroatoms. The standard InChI is InChI=1S/C22H28N4O3S/c1-25-18-11-22(5-7-26(8-6-22)19(27)10-16-4-9-30-14-16)29-13-17(18)20(24-25)21(28)23-12-15-2-3-15/h4,9,14-15H,2-3,5-8,10-13H2,1H3,(H,23,28). The molecule has 0 atom stereocenters. The zero-order valence-electron chi connectivity index (χ0n) is 17.4. The maximum Gasteiger partial charge on any atom is 0.272 e. The van der Waals surface area contributed by atoms with E-state index in [0.29, 0.717) is 37.7 Å². The Morgan fingerprint density at radius 1 is 1.33 bits per heavy atom. The maximum atomic E-state index is 12.6. The summed E-state index contributed by atoms with van der Waals surface area (Å²) >= 11 is 1.62. The van der Waals surface area contributed by atoms with Gasteiger partial charge in [-0.05, 0) is 54.0 Å². The fourth-order valence-corrected chi connectivity index (χ4v) is 5.22. The van der Waals surface area contributed by atoms with Crippen molar-refractivity contribution in [3.8, 4) is 0 Å². The minimum atomic E-state index is -0.262. The minimum absolute atomic E-state index is 0.0906. The van der Waals surface area contributed by atoms with Crippen molar-refractivity contribution in [2.24, 2.45) is 13.0 Å². The van der Waals surface area contributed by atoms with Crippen molar-refractivity contribution in [1.29, 1.82) is 0 Å². The predicted octanol–water partition coefficient (Wildman–Crippen LogP) is 2.30. The Bertz CT molecular complexity index is 940. The monoisotopic (exact) mass is 428 g/mol. The Balaban J connectivity index is 1.22. The van der Waals surface area contributed by atoms with Crippen LogP contribution in [0.1, 0.15) is 53.0 Å². The summed E-state index contributed by atoms with van der Waals surface area (Å²) in [6, 6.07) is 2.01. The molecule has 1 saturated heterocycles. The van der Waals surface area contributed by atoms with E-state index < -0.39 is 0 Å². The number of nitrogens with zero attached hydrogens (tertiary/aromatic N) is 3. The van der Waals surface area contributed by atoms with Crippen LogP contribution in [-0.4, -0.2) is 51.7 Å². The summed E-state index contributed by atoms with van der Waals surface area (Å²) in [5, 5.41) is 11.6. The van der Waals surface area contributed by atoms with E-state index in [0.717, 1.165) is 42.6 Å². The number of aromatic nitrogens is 2. The van der Waals surface area contributed by atoms with Gasteiger partial charge in [0.1, 0.15) is 0 Å². The molecule has 3 aliphatic rings. The molecule has 2 aromatic rings. The van der Waals surface area contributed by atoms with Crippen molar-refractivity contribution < 1.29 is 14.3 Å². The molecular formula is C22H28N4O3S. The van der Waals surface area contributed by atoms with Gasteiger partial charge >= 0.3 is 0 Å². The van der Waals surface area contributed by atoms with Crippen LogP contribution in [0.3, 0.4) is 0 Å². The van der Waals surface area contributed by atoms with Crippen molar-refractivity contribution in [3.63, 3.8) is 0 Å². The Hall–Kier alpha value is -2.19. The zero-order chi connectivity index (χ0) is 20.7. The van der Waals surface area contributed by atoms with Gasteiger partial charge in [0.05, 0.1) is 18.6 Å². The Kier molecular flexibility index (Phi) is 5.14. The quantitative estimate of drug-likeness (QED) is 0.793. The first-order chi connectivity index (χ1) is 14.5. The largest absolute Gasteiger partial charge is 0.370 e. The van der Waals surface area contributed by atoms with E-state index in [-0.39, 0.29) is 17.4 Å². The highest BCUT2D eigenvalue weighted by atomic mass is 32.1. The van der Waals surface area contributed by atoms with E-state index in [1.807, 2.05) is 33.5 Å². The van der Waals surface area contributed by atoms with Crippen LogP contribution in [-0.2, 0) is 36.0 Å². The second kappa shape index (κ2) is 7.81. The Morgan fingerprint density at radius 2 is 2.13 bits per heavy atom. The average molecular weight is 429 g/mol. The highest BCUT2D eigenvalue weighted by Gasteiger charge is 2.42. The summed E-state index contributed by atoms with van der Waals surface area (Å²) in [7, 11) is 1.91. The molecular weight excluding hydrogens is 400 g/mol. The SMILES string of the molecule is Cn1nc(C(=O)NCC2CC2)c2c1CC1(CCN(C(=O)Cc3ccsc3)CC1)OC2. The number of nitrogens with one attached hydrogen (secondary N) is 1. The normalized spacial score (nSPS) is 20.2. The third-order valence-electron chi connectivity index (χ3n) is 6.71. The third-order valence-corrected chi connectivity index (χ3v) is 7.45. The molecule has 2 fully saturated rings. The summed E-state index contributed by atoms with van der Waals surface area (Å²) in [6.07, 6.45) is 5.27. The molecule has 1 spiro atoms. The number of carbonyl (C=O) groups excluding carboxylic acids is 2. The Labute approximate surface area is 180 Å². The van der Waals surface area contributed by atoms with E-state index in [1.165, 1.54) is 12.8 Å². The molecule has 0 aromatic carbocycles. The number of thiophene rings is 1. The molecule has 2 aliphatic heterocycles. The number of ether oxygens (including phenoxy) is 1. The van der Waals surface area contributed by atoms with Crippen LogP contribution in [0.25, 0.3) is 0 Å². The number of aryl methyl sites for hydroxylation is 1. The van der Waals surface area contributed by atoms with Gasteiger partial charge in [-0.15, -0.1) is 0 Å². The molecule has 160 valence electrons. The fraction of sp³-hybridized carbons (Fsp3) is 0.591. The molecule has 5 rings (SSSR count). The lowest BCUT2D eigenvalue weighted by Gasteiger charge is -2.44. The van der Waals surface area contributed by atoms with Gasteiger partial charge in [0.2, 0.25) is 5.91 Å². The lowest BCUT2D eigenvalue weighted by molar-refractivity contribution is -0.140. The van der Waals surface area contributed by atoms with Gasteiger partial charge < -0.3 is 15.0 Å². The lowest BCUT2D eigenvalue weighted by Crippen LogP contribution is -2.51. The van der Waals surface area contributed by atoms with Gasteiger partial charge in [-0.1, -0.05) is 0 Å². The van der Waals surface area contributed by atoms with E-state index in [2.05, 4.69) is 10.4 Å². The van der Waals surface area contributed by atoms with E-state index in [9.17, 15) is 9.59 Å². The molecule has 1 aliphatic carbocycles. The fourth-order valence-electron chi connectivity index (χ4n) is 4.55. The smallest absolute Gasteiger partial charge is 0.272 e. The second-order valence-electron chi connectivity index (χ2n) is 8.89. The van der Waals surface area contributed by atoms with Gasteiger partial charge in [-0.2, -0.15) is 16.4 Å². The van der Waals surface area contributed by atoms with Crippen LogP contribution in [0, 0.1) is 5.92 Å². The number of fused-ring (bicyclic) bond motifs is 1. The molecule has 0 bridgehead atoms. The zero-order valence-corrected chi connectivity index (χ0v) is 18.2. The molecule has 7 nitrogen and oxygen atoms in total. The van der Waals surface area contributed by atoms with Crippen molar-refractivity contribution in [2.75, 3.05) is 19.6 Å². The van der Waals surface area contributed by atoms with Crippen LogP contribution >= 0.6 is 11.3 Å². The van der Waals surface area contributed by atoms with E-state index in [4.69, 9.17) is 4.74 Å². The summed E-state index contributed by atoms with van der Waals surface area (Å²) in [5.41, 5.74) is 3.35. The summed E-state index contributed by atoms with van der Waals surface area (Å²) in [5.74, 6) is 0.739. The molecule has 2 amide bonds. The number of likely N-dealkylation sites (tertiary alicyclic amines) is 1. The number of hydrogen-bond acceptors (Lipinski definition) is 5. The number of amides is 2. The van der Waals surface area contributed by atoms with Crippen LogP contribution < -0.4 is 5.32 Å². The summed E-state index contributed by atoms with van der Waals surface area (Å²) in [4.78, 5) is 27.2. The first-order valence-corrected chi connectivity index (χ1v) is 11.7. The van der Waals surface area contributed by atoms with Gasteiger partial charge in [0.25, 0.3) is 5.91 Å². The van der Waals surface area contributed by atoms with Crippen LogP contribution in [0.15, 0.2) is 16.8 Å². The Morgan fingerprint density at radius 3 is 2.83 bits per heavy atom. The number of carbonyl (C=O) groups is 2. The molecule has 4 heterocycles. The van der Waals surface area contributed by atoms with E-state index >= 15 is 0 Å². The summed E-state index contributed by atoms with van der Waals surface area (Å²) in [6.45, 7) is 2.58. The van der Waals surface area contributed by atoms with Crippen molar-refractivity contribution in [3.05, 3.63) is 39.3 Å².